The van der Waals surface area contributed by atoms with Gasteiger partial charge in [0, 0.05) is 18.0 Å². The van der Waals surface area contributed by atoms with E-state index in [4.69, 9.17) is 5.73 Å². The average Bonchev–Trinajstić information content (AvgIpc) is 2.92. The molecule has 0 aromatic carbocycles. The summed E-state index contributed by atoms with van der Waals surface area (Å²) >= 11 is 1.66. The fourth-order valence-corrected chi connectivity index (χ4v) is 3.35. The molecule has 2 N–H and O–H groups in total. The molecule has 1 fully saturated rings. The van der Waals surface area contributed by atoms with Crippen LogP contribution in [0.15, 0.2) is 17.5 Å². The number of rotatable bonds is 3. The van der Waals surface area contributed by atoms with Gasteiger partial charge in [-0.15, -0.1) is 11.3 Å². The van der Waals surface area contributed by atoms with Gasteiger partial charge >= 0.3 is 0 Å². The highest BCUT2D eigenvalue weighted by molar-refractivity contribution is 7.10. The summed E-state index contributed by atoms with van der Waals surface area (Å²) in [6.45, 7) is 6.51. The number of amides is 1. The highest BCUT2D eigenvalue weighted by Crippen LogP contribution is 2.31. The number of nitrogens with two attached hydrogens (primary N) is 1. The van der Waals surface area contributed by atoms with E-state index in [9.17, 15) is 4.79 Å². The second-order valence-corrected chi connectivity index (χ2v) is 6.52. The van der Waals surface area contributed by atoms with Crippen molar-refractivity contribution < 1.29 is 4.79 Å². The minimum absolute atomic E-state index is 0.250. The first-order chi connectivity index (χ1) is 8.55. The van der Waals surface area contributed by atoms with E-state index in [2.05, 4.69) is 6.07 Å². The van der Waals surface area contributed by atoms with Gasteiger partial charge in [0.1, 0.15) is 0 Å². The van der Waals surface area contributed by atoms with Crippen molar-refractivity contribution in [1.29, 1.82) is 0 Å². The largest absolute Gasteiger partial charge is 0.342 e. The topological polar surface area (TPSA) is 46.3 Å². The summed E-state index contributed by atoms with van der Waals surface area (Å²) < 4.78 is 0. The van der Waals surface area contributed by atoms with Crippen LogP contribution < -0.4 is 5.73 Å². The molecule has 1 aromatic rings. The lowest BCUT2D eigenvalue weighted by Crippen LogP contribution is -2.47. The Morgan fingerprint density at radius 2 is 2.17 bits per heavy atom. The van der Waals surface area contributed by atoms with Crippen LogP contribution >= 0.6 is 11.3 Å². The van der Waals surface area contributed by atoms with Gasteiger partial charge in [-0.1, -0.05) is 6.07 Å². The lowest BCUT2D eigenvalue weighted by Gasteiger charge is -2.36. The van der Waals surface area contributed by atoms with E-state index in [1.165, 1.54) is 0 Å². The zero-order valence-electron chi connectivity index (χ0n) is 11.2. The van der Waals surface area contributed by atoms with Crippen LogP contribution in [0, 0.1) is 5.92 Å². The van der Waals surface area contributed by atoms with Gasteiger partial charge in [0.25, 0.3) is 0 Å². The van der Waals surface area contributed by atoms with Crippen molar-refractivity contribution in [3.8, 4) is 0 Å². The maximum Gasteiger partial charge on any atom is 0.233 e. The molecule has 3 nitrogen and oxygen atoms in total. The minimum atomic E-state index is -0.399. The second kappa shape index (κ2) is 5.41. The maximum absolute atomic E-state index is 12.6. The van der Waals surface area contributed by atoms with Crippen LogP contribution in [0.25, 0.3) is 0 Å². The fourth-order valence-electron chi connectivity index (χ4n) is 2.51. The van der Waals surface area contributed by atoms with Gasteiger partial charge in [-0.05, 0) is 50.6 Å². The SMILES string of the molecule is CC(C)(C(=O)N1CCC(CN)CC1)c1cccs1. The lowest BCUT2D eigenvalue weighted by atomic mass is 9.87. The Labute approximate surface area is 113 Å². The molecule has 0 atom stereocenters. The first-order valence-corrected chi connectivity index (χ1v) is 7.47. The summed E-state index contributed by atoms with van der Waals surface area (Å²) in [6, 6.07) is 4.06. The minimum Gasteiger partial charge on any atom is -0.342 e. The molecular formula is C14H22N2OS. The highest BCUT2D eigenvalue weighted by Gasteiger charge is 2.35. The Balaban J connectivity index is 2.04. The fraction of sp³-hybridized carbons (Fsp3) is 0.643. The Morgan fingerprint density at radius 3 is 2.67 bits per heavy atom. The Morgan fingerprint density at radius 1 is 1.50 bits per heavy atom. The van der Waals surface area contributed by atoms with Crippen LogP contribution in [0.2, 0.25) is 0 Å². The van der Waals surface area contributed by atoms with E-state index in [1.54, 1.807) is 11.3 Å². The van der Waals surface area contributed by atoms with Crippen LogP contribution in [-0.4, -0.2) is 30.4 Å². The van der Waals surface area contributed by atoms with E-state index < -0.39 is 5.41 Å². The summed E-state index contributed by atoms with van der Waals surface area (Å²) in [5.41, 5.74) is 5.29. The van der Waals surface area contributed by atoms with Crippen molar-refractivity contribution in [3.05, 3.63) is 22.4 Å². The molecule has 1 amide bonds. The summed E-state index contributed by atoms with van der Waals surface area (Å²) in [6.07, 6.45) is 2.09. The predicted molar refractivity (Wildman–Crippen MR) is 75.7 cm³/mol. The molecule has 1 aromatic heterocycles. The molecule has 1 aliphatic rings. The molecule has 0 unspecified atom stereocenters. The number of nitrogens with zero attached hydrogens (tertiary/aromatic N) is 1. The van der Waals surface area contributed by atoms with Crippen molar-refractivity contribution in [2.45, 2.75) is 32.1 Å². The van der Waals surface area contributed by atoms with Gasteiger partial charge in [0.05, 0.1) is 5.41 Å². The molecule has 0 aliphatic carbocycles. The first kappa shape index (κ1) is 13.6. The smallest absolute Gasteiger partial charge is 0.233 e. The van der Waals surface area contributed by atoms with Crippen molar-refractivity contribution in [2.24, 2.45) is 11.7 Å². The van der Waals surface area contributed by atoms with Crippen LogP contribution in [0.1, 0.15) is 31.6 Å². The standard InChI is InChI=1S/C14H22N2OS/c1-14(2,12-4-3-9-18-12)13(17)16-7-5-11(10-15)6-8-16/h3-4,9,11H,5-8,10,15H2,1-2H3. The predicted octanol–water partition coefficient (Wildman–Crippen LogP) is 2.22. The van der Waals surface area contributed by atoms with Gasteiger partial charge < -0.3 is 10.6 Å². The third-order valence-electron chi connectivity index (χ3n) is 3.91. The highest BCUT2D eigenvalue weighted by atomic mass is 32.1. The molecule has 0 bridgehead atoms. The number of hydrogen-bond donors (Lipinski definition) is 1. The molecule has 18 heavy (non-hydrogen) atoms. The van der Waals surface area contributed by atoms with E-state index in [0.29, 0.717) is 5.92 Å². The van der Waals surface area contributed by atoms with E-state index in [1.807, 2.05) is 30.2 Å². The third kappa shape index (κ3) is 2.59. The molecule has 0 radical (unpaired) electrons. The van der Waals surface area contributed by atoms with E-state index >= 15 is 0 Å². The zero-order valence-corrected chi connectivity index (χ0v) is 12.0. The Hall–Kier alpha value is -0.870. The number of hydrogen-bond acceptors (Lipinski definition) is 3. The van der Waals surface area contributed by atoms with Crippen LogP contribution in [0.5, 0.6) is 0 Å². The molecule has 100 valence electrons. The molecule has 1 aliphatic heterocycles. The molecule has 0 saturated carbocycles. The van der Waals surface area contributed by atoms with E-state index in [-0.39, 0.29) is 5.91 Å². The van der Waals surface area contributed by atoms with Crippen molar-refractivity contribution in [3.63, 3.8) is 0 Å². The Kier molecular flexibility index (Phi) is 4.07. The number of carbonyl (C=O) groups is 1. The molecule has 0 spiro atoms. The maximum atomic E-state index is 12.6. The van der Waals surface area contributed by atoms with Crippen molar-refractivity contribution in [2.75, 3.05) is 19.6 Å². The normalized spacial score (nSPS) is 18.1. The summed E-state index contributed by atoms with van der Waals surface area (Å²) in [7, 11) is 0. The van der Waals surface area contributed by atoms with Crippen molar-refractivity contribution >= 4 is 17.2 Å². The molecule has 4 heteroatoms. The van der Waals surface area contributed by atoms with Crippen LogP contribution in [0.4, 0.5) is 0 Å². The number of thiophene rings is 1. The monoisotopic (exact) mass is 266 g/mol. The van der Waals surface area contributed by atoms with Gasteiger partial charge in [0.2, 0.25) is 5.91 Å². The second-order valence-electron chi connectivity index (χ2n) is 5.57. The van der Waals surface area contributed by atoms with Crippen LogP contribution in [0.3, 0.4) is 0 Å². The van der Waals surface area contributed by atoms with Gasteiger partial charge in [0.15, 0.2) is 0 Å². The summed E-state index contributed by atoms with van der Waals surface area (Å²) in [5.74, 6) is 0.847. The van der Waals surface area contributed by atoms with Gasteiger partial charge in [-0.2, -0.15) is 0 Å². The molecule has 2 heterocycles. The quantitative estimate of drug-likeness (QED) is 0.912. The zero-order chi connectivity index (χ0) is 13.2. The molecular weight excluding hydrogens is 244 g/mol. The summed E-state index contributed by atoms with van der Waals surface area (Å²) in [5, 5.41) is 2.03. The lowest BCUT2D eigenvalue weighted by molar-refractivity contribution is -0.137. The third-order valence-corrected chi connectivity index (χ3v) is 5.10. The summed E-state index contributed by atoms with van der Waals surface area (Å²) in [4.78, 5) is 15.8. The van der Waals surface area contributed by atoms with Crippen LogP contribution in [-0.2, 0) is 10.2 Å². The average molecular weight is 266 g/mol. The molecule has 1 saturated heterocycles. The van der Waals surface area contributed by atoms with Gasteiger partial charge in [-0.25, -0.2) is 0 Å². The number of likely N-dealkylation sites (tertiary alicyclic amines) is 1. The van der Waals surface area contributed by atoms with Gasteiger partial charge in [-0.3, -0.25) is 4.79 Å². The Bertz CT molecular complexity index is 392. The first-order valence-electron chi connectivity index (χ1n) is 6.59. The number of carbonyl (C=O) groups excluding carboxylic acids is 1. The molecule has 2 rings (SSSR count). The van der Waals surface area contributed by atoms with Crippen molar-refractivity contribution in [1.82, 2.24) is 4.90 Å². The van der Waals surface area contributed by atoms with E-state index in [0.717, 1.165) is 37.4 Å². The number of piperidine rings is 1.